The fourth-order valence-electron chi connectivity index (χ4n) is 3.38. The van der Waals surface area contributed by atoms with E-state index >= 15 is 0 Å². The summed E-state index contributed by atoms with van der Waals surface area (Å²) in [7, 11) is -2.29. The number of hydrogen-bond acceptors (Lipinski definition) is 4. The SMILES string of the molecule is CN(c1ccccc1)S(=O)(=O)c1ccc(C(=O)Nc2cccc(NC(=O)c3ccccc3)c2)cc1. The summed E-state index contributed by atoms with van der Waals surface area (Å²) in [5, 5.41) is 5.57. The van der Waals surface area contributed by atoms with Gasteiger partial charge in [-0.05, 0) is 66.7 Å². The zero-order chi connectivity index (χ0) is 24.8. The lowest BCUT2D eigenvalue weighted by molar-refractivity contribution is 0.101. The molecule has 0 bridgehead atoms. The molecule has 35 heavy (non-hydrogen) atoms. The number of nitrogens with one attached hydrogen (secondary N) is 2. The summed E-state index contributed by atoms with van der Waals surface area (Å²) in [5.41, 5.74) is 2.37. The van der Waals surface area contributed by atoms with E-state index in [4.69, 9.17) is 0 Å². The zero-order valence-electron chi connectivity index (χ0n) is 18.9. The van der Waals surface area contributed by atoms with Crippen molar-refractivity contribution in [2.75, 3.05) is 22.0 Å². The molecule has 0 unspecified atom stereocenters. The summed E-state index contributed by atoms with van der Waals surface area (Å²) in [6.45, 7) is 0. The smallest absolute Gasteiger partial charge is 0.264 e. The van der Waals surface area contributed by atoms with Gasteiger partial charge in [-0.2, -0.15) is 0 Å². The quantitative estimate of drug-likeness (QED) is 0.384. The molecular formula is C27H23N3O4S. The van der Waals surface area contributed by atoms with E-state index in [1.807, 2.05) is 12.1 Å². The molecular weight excluding hydrogens is 462 g/mol. The highest BCUT2D eigenvalue weighted by atomic mass is 32.2. The second-order valence-electron chi connectivity index (χ2n) is 7.69. The van der Waals surface area contributed by atoms with Crippen molar-refractivity contribution in [3.05, 3.63) is 120 Å². The Morgan fingerprint density at radius 2 is 1.11 bits per heavy atom. The molecule has 0 aliphatic heterocycles. The van der Waals surface area contributed by atoms with Gasteiger partial charge >= 0.3 is 0 Å². The van der Waals surface area contributed by atoms with Gasteiger partial charge in [0.1, 0.15) is 0 Å². The van der Waals surface area contributed by atoms with Crippen LogP contribution in [0.3, 0.4) is 0 Å². The van der Waals surface area contributed by atoms with Gasteiger partial charge in [-0.25, -0.2) is 8.42 Å². The lowest BCUT2D eigenvalue weighted by atomic mass is 10.2. The number of hydrogen-bond donors (Lipinski definition) is 2. The minimum atomic E-state index is -3.77. The number of nitrogens with zero attached hydrogens (tertiary/aromatic N) is 1. The molecule has 0 atom stereocenters. The average molecular weight is 486 g/mol. The third-order valence-electron chi connectivity index (χ3n) is 5.31. The summed E-state index contributed by atoms with van der Waals surface area (Å²) >= 11 is 0. The predicted molar refractivity (Wildman–Crippen MR) is 137 cm³/mol. The van der Waals surface area contributed by atoms with E-state index in [-0.39, 0.29) is 10.8 Å². The van der Waals surface area contributed by atoms with Gasteiger partial charge in [-0.15, -0.1) is 0 Å². The molecule has 0 aliphatic carbocycles. The number of carbonyl (C=O) groups is 2. The Hall–Kier alpha value is -4.43. The minimum Gasteiger partial charge on any atom is -0.322 e. The zero-order valence-corrected chi connectivity index (χ0v) is 19.7. The van der Waals surface area contributed by atoms with Gasteiger partial charge < -0.3 is 10.6 Å². The summed E-state index contributed by atoms with van der Waals surface area (Å²) in [6.07, 6.45) is 0. The molecule has 0 saturated carbocycles. The van der Waals surface area contributed by atoms with Crippen LogP contribution in [-0.4, -0.2) is 27.3 Å². The molecule has 4 rings (SSSR count). The Morgan fingerprint density at radius 3 is 1.66 bits per heavy atom. The average Bonchev–Trinajstić information content (AvgIpc) is 2.89. The third kappa shape index (κ3) is 5.56. The standard InChI is InChI=1S/C27H23N3O4S/c1-30(24-13-6-3-7-14-24)35(33,34)25-17-15-21(16-18-25)27(32)29-23-12-8-11-22(19-23)28-26(31)20-9-4-2-5-10-20/h2-19H,1H3,(H,28,31)(H,29,32). The topological polar surface area (TPSA) is 95.6 Å². The molecule has 8 heteroatoms. The monoisotopic (exact) mass is 485 g/mol. The summed E-state index contributed by atoms with van der Waals surface area (Å²) in [5.74, 6) is -0.664. The van der Waals surface area contributed by atoms with Crippen LogP contribution in [0, 0.1) is 0 Å². The van der Waals surface area contributed by atoms with Gasteiger partial charge in [-0.1, -0.05) is 42.5 Å². The second-order valence-corrected chi connectivity index (χ2v) is 9.66. The molecule has 176 valence electrons. The van der Waals surface area contributed by atoms with E-state index < -0.39 is 15.9 Å². The number of benzene rings is 4. The van der Waals surface area contributed by atoms with E-state index in [9.17, 15) is 18.0 Å². The Kier molecular flexibility index (Phi) is 6.93. The predicted octanol–water partition coefficient (Wildman–Crippen LogP) is 5.02. The highest BCUT2D eigenvalue weighted by molar-refractivity contribution is 7.92. The molecule has 0 fully saturated rings. The summed E-state index contributed by atoms with van der Waals surface area (Å²) < 4.78 is 27.0. The number of para-hydroxylation sites is 1. The largest absolute Gasteiger partial charge is 0.322 e. The Labute approximate surface area is 204 Å². The molecule has 0 aromatic heterocycles. The Balaban J connectivity index is 1.44. The van der Waals surface area contributed by atoms with Crippen molar-refractivity contribution in [1.82, 2.24) is 0 Å². The summed E-state index contributed by atoms with van der Waals surface area (Å²) in [4.78, 5) is 25.2. The third-order valence-corrected chi connectivity index (χ3v) is 7.11. The Bertz CT molecular complexity index is 1440. The maximum atomic E-state index is 12.9. The molecule has 0 saturated heterocycles. The van der Waals surface area contributed by atoms with Crippen LogP contribution in [0.2, 0.25) is 0 Å². The molecule has 0 heterocycles. The second kappa shape index (κ2) is 10.2. The van der Waals surface area contributed by atoms with Crippen LogP contribution in [0.1, 0.15) is 20.7 Å². The van der Waals surface area contributed by atoms with Gasteiger partial charge in [-0.3, -0.25) is 13.9 Å². The van der Waals surface area contributed by atoms with Gasteiger partial charge in [0, 0.05) is 29.5 Å². The van der Waals surface area contributed by atoms with Crippen molar-refractivity contribution in [3.8, 4) is 0 Å². The van der Waals surface area contributed by atoms with E-state index in [0.29, 0.717) is 28.2 Å². The van der Waals surface area contributed by atoms with Crippen molar-refractivity contribution in [3.63, 3.8) is 0 Å². The van der Waals surface area contributed by atoms with Gasteiger partial charge in [0.15, 0.2) is 0 Å². The van der Waals surface area contributed by atoms with Crippen LogP contribution in [0.5, 0.6) is 0 Å². The normalized spacial score (nSPS) is 10.9. The molecule has 4 aromatic rings. The first-order valence-electron chi connectivity index (χ1n) is 10.8. The fourth-order valence-corrected chi connectivity index (χ4v) is 4.58. The van der Waals surface area contributed by atoms with E-state index in [1.54, 1.807) is 72.8 Å². The first kappa shape index (κ1) is 23.7. The number of rotatable bonds is 7. The first-order valence-corrected chi connectivity index (χ1v) is 12.2. The first-order chi connectivity index (χ1) is 16.8. The highest BCUT2D eigenvalue weighted by Gasteiger charge is 2.21. The van der Waals surface area contributed by atoms with Crippen LogP contribution in [0.4, 0.5) is 17.1 Å². The van der Waals surface area contributed by atoms with Crippen molar-refractivity contribution < 1.29 is 18.0 Å². The van der Waals surface area contributed by atoms with Gasteiger partial charge in [0.25, 0.3) is 21.8 Å². The van der Waals surface area contributed by atoms with Crippen LogP contribution in [0.15, 0.2) is 114 Å². The van der Waals surface area contributed by atoms with Crippen LogP contribution in [-0.2, 0) is 10.0 Å². The van der Waals surface area contributed by atoms with Crippen molar-refractivity contribution in [2.45, 2.75) is 4.90 Å². The molecule has 2 amide bonds. The molecule has 7 nitrogen and oxygen atoms in total. The lowest BCUT2D eigenvalue weighted by Crippen LogP contribution is -2.26. The van der Waals surface area contributed by atoms with Crippen LogP contribution < -0.4 is 14.9 Å². The molecule has 0 radical (unpaired) electrons. The number of amides is 2. The Morgan fingerprint density at radius 1 is 0.629 bits per heavy atom. The van der Waals surface area contributed by atoms with Crippen LogP contribution in [0.25, 0.3) is 0 Å². The van der Waals surface area contributed by atoms with E-state index in [0.717, 1.165) is 0 Å². The van der Waals surface area contributed by atoms with E-state index in [1.165, 1.54) is 35.6 Å². The molecule has 0 spiro atoms. The van der Waals surface area contributed by atoms with E-state index in [2.05, 4.69) is 10.6 Å². The molecule has 4 aromatic carbocycles. The number of carbonyl (C=O) groups excluding carboxylic acids is 2. The number of anilines is 3. The molecule has 0 aliphatic rings. The maximum Gasteiger partial charge on any atom is 0.264 e. The van der Waals surface area contributed by atoms with Crippen molar-refractivity contribution in [1.29, 1.82) is 0 Å². The lowest BCUT2D eigenvalue weighted by Gasteiger charge is -2.19. The van der Waals surface area contributed by atoms with Crippen molar-refractivity contribution >= 4 is 38.9 Å². The number of sulfonamides is 1. The summed E-state index contributed by atoms with van der Waals surface area (Å²) in [6, 6.07) is 30.1. The van der Waals surface area contributed by atoms with Crippen LogP contribution >= 0.6 is 0 Å². The van der Waals surface area contributed by atoms with Gasteiger partial charge in [0.2, 0.25) is 0 Å². The minimum absolute atomic E-state index is 0.0750. The highest BCUT2D eigenvalue weighted by Crippen LogP contribution is 2.22. The fraction of sp³-hybridized carbons (Fsp3) is 0.0370. The van der Waals surface area contributed by atoms with Crippen molar-refractivity contribution in [2.24, 2.45) is 0 Å². The maximum absolute atomic E-state index is 12.9. The van der Waals surface area contributed by atoms with Gasteiger partial charge in [0.05, 0.1) is 10.6 Å². The molecule has 2 N–H and O–H groups in total.